The van der Waals surface area contributed by atoms with Crippen molar-refractivity contribution in [1.82, 2.24) is 19.9 Å². The Kier molecular flexibility index (Phi) is 4.20. The maximum Gasteiger partial charge on any atom is 0.223 e. The highest BCUT2D eigenvalue weighted by Crippen LogP contribution is 2.36. The van der Waals surface area contributed by atoms with Crippen molar-refractivity contribution in [1.29, 1.82) is 0 Å². The number of hydrogen-bond acceptors (Lipinski definition) is 5. The Balaban J connectivity index is 1.73. The van der Waals surface area contributed by atoms with Gasteiger partial charge in [-0.25, -0.2) is 9.97 Å². The van der Waals surface area contributed by atoms with Gasteiger partial charge < -0.3 is 10.2 Å². The number of nitrogens with zero attached hydrogens (tertiary/aromatic N) is 4. The molecule has 2 atom stereocenters. The monoisotopic (exact) mass is 317 g/mol. The molecule has 0 bridgehead atoms. The van der Waals surface area contributed by atoms with Gasteiger partial charge in [0.1, 0.15) is 0 Å². The van der Waals surface area contributed by atoms with Gasteiger partial charge in [-0.15, -0.1) is 0 Å². The molecule has 3 heterocycles. The van der Waals surface area contributed by atoms with Crippen LogP contribution in [0.2, 0.25) is 5.02 Å². The van der Waals surface area contributed by atoms with E-state index in [0.717, 1.165) is 5.56 Å². The zero-order valence-corrected chi connectivity index (χ0v) is 12.9. The maximum absolute atomic E-state index is 12.1. The van der Waals surface area contributed by atoms with Crippen LogP contribution in [0.4, 0.5) is 5.95 Å². The second-order valence-electron chi connectivity index (χ2n) is 5.31. The van der Waals surface area contributed by atoms with Gasteiger partial charge in [-0.05, 0) is 11.6 Å². The number of carbonyl (C=O) groups excluding carboxylic acids is 1. The minimum absolute atomic E-state index is 0.0148. The molecule has 0 spiro atoms. The van der Waals surface area contributed by atoms with Gasteiger partial charge in [-0.3, -0.25) is 9.78 Å². The molecule has 0 unspecified atom stereocenters. The number of rotatable bonds is 4. The number of halogens is 1. The zero-order valence-electron chi connectivity index (χ0n) is 12.1. The predicted octanol–water partition coefficient (Wildman–Crippen LogP) is 2.16. The largest absolute Gasteiger partial charge is 0.354 e. The van der Waals surface area contributed by atoms with Crippen molar-refractivity contribution in [2.24, 2.45) is 5.92 Å². The topological polar surface area (TPSA) is 71.0 Å². The first-order chi connectivity index (χ1) is 10.6. The van der Waals surface area contributed by atoms with E-state index in [0.29, 0.717) is 23.9 Å². The Hall–Kier alpha value is -2.21. The molecule has 1 amide bonds. The number of nitrogens with one attached hydrogen (secondary N) is 1. The molecule has 2 aromatic heterocycles. The number of hydrogen-bond donors (Lipinski definition) is 1. The smallest absolute Gasteiger partial charge is 0.223 e. The molecule has 7 heteroatoms. The van der Waals surface area contributed by atoms with Gasteiger partial charge in [0.15, 0.2) is 0 Å². The molecule has 6 nitrogen and oxygen atoms in total. The van der Waals surface area contributed by atoms with Crippen LogP contribution >= 0.6 is 11.6 Å². The van der Waals surface area contributed by atoms with Crippen molar-refractivity contribution in [3.8, 4) is 0 Å². The molecule has 0 saturated carbocycles. The third-order valence-corrected chi connectivity index (χ3v) is 4.06. The molecule has 3 rings (SSSR count). The second kappa shape index (κ2) is 6.27. The molecule has 1 aliphatic rings. The van der Waals surface area contributed by atoms with Crippen molar-refractivity contribution in [3.05, 3.63) is 47.5 Å². The van der Waals surface area contributed by atoms with E-state index in [1.54, 1.807) is 23.5 Å². The number of anilines is 1. The fraction of sp³-hybridized carbons (Fsp3) is 0.333. The Bertz CT molecular complexity index is 649. The molecule has 0 aliphatic carbocycles. The molecule has 1 saturated heterocycles. The first-order valence-electron chi connectivity index (χ1n) is 7.02. The van der Waals surface area contributed by atoms with Crippen LogP contribution in [0.1, 0.15) is 18.0 Å². The maximum atomic E-state index is 12.1. The summed E-state index contributed by atoms with van der Waals surface area (Å²) in [6.07, 6.45) is 7.13. The van der Waals surface area contributed by atoms with Gasteiger partial charge in [-0.1, -0.05) is 17.7 Å². The summed E-state index contributed by atoms with van der Waals surface area (Å²) in [6.45, 7) is 0.608. The molecular weight excluding hydrogens is 302 g/mol. The van der Waals surface area contributed by atoms with E-state index in [-0.39, 0.29) is 17.9 Å². The summed E-state index contributed by atoms with van der Waals surface area (Å²) >= 11 is 5.77. The van der Waals surface area contributed by atoms with Gasteiger partial charge in [-0.2, -0.15) is 0 Å². The van der Waals surface area contributed by atoms with Crippen LogP contribution in [0, 0.1) is 5.92 Å². The zero-order chi connectivity index (χ0) is 15.5. The minimum Gasteiger partial charge on any atom is -0.354 e. The normalized spacial score (nSPS) is 21.2. The summed E-state index contributed by atoms with van der Waals surface area (Å²) in [5.74, 6) is 0.787. The molecule has 0 aromatic carbocycles. The molecule has 114 valence electrons. The Morgan fingerprint density at radius 1 is 1.36 bits per heavy atom. The summed E-state index contributed by atoms with van der Waals surface area (Å²) < 4.78 is 0. The van der Waals surface area contributed by atoms with E-state index < -0.39 is 0 Å². The minimum atomic E-state index is 0.0148. The lowest BCUT2D eigenvalue weighted by Gasteiger charge is -2.25. The van der Waals surface area contributed by atoms with Crippen molar-refractivity contribution >= 4 is 23.5 Å². The molecule has 1 aliphatic heterocycles. The third-order valence-electron chi connectivity index (χ3n) is 3.86. The first-order valence-corrected chi connectivity index (χ1v) is 7.40. The summed E-state index contributed by atoms with van der Waals surface area (Å²) in [6, 6.07) is 3.90. The quantitative estimate of drug-likeness (QED) is 0.935. The summed E-state index contributed by atoms with van der Waals surface area (Å²) in [4.78, 5) is 26.2. The van der Waals surface area contributed by atoms with E-state index in [9.17, 15) is 4.79 Å². The van der Waals surface area contributed by atoms with E-state index in [4.69, 9.17) is 11.6 Å². The lowest BCUT2D eigenvalue weighted by atomic mass is 9.95. The van der Waals surface area contributed by atoms with Crippen LogP contribution in [-0.4, -0.2) is 39.4 Å². The van der Waals surface area contributed by atoms with Gasteiger partial charge >= 0.3 is 0 Å². The van der Waals surface area contributed by atoms with Gasteiger partial charge in [0, 0.05) is 38.3 Å². The lowest BCUT2D eigenvalue weighted by molar-refractivity contribution is -0.127. The average molecular weight is 318 g/mol. The van der Waals surface area contributed by atoms with Crippen LogP contribution in [0.25, 0.3) is 0 Å². The van der Waals surface area contributed by atoms with Crippen molar-refractivity contribution in [2.45, 2.75) is 12.5 Å². The number of carbonyl (C=O) groups is 1. The van der Waals surface area contributed by atoms with Crippen LogP contribution < -0.4 is 5.32 Å². The van der Waals surface area contributed by atoms with E-state index in [1.165, 1.54) is 0 Å². The van der Waals surface area contributed by atoms with Crippen LogP contribution in [-0.2, 0) is 4.79 Å². The van der Waals surface area contributed by atoms with Crippen LogP contribution in [0.3, 0.4) is 0 Å². The van der Waals surface area contributed by atoms with Crippen LogP contribution in [0.5, 0.6) is 0 Å². The fourth-order valence-electron chi connectivity index (χ4n) is 2.81. The standard InChI is InChI=1S/C15H16ClN5O/c1-21-13(22)5-11(14(21)10-3-2-4-17-6-10)7-18-15-19-8-12(16)9-20-15/h2-4,6,8-9,11,14H,5,7H2,1H3,(H,18,19,20)/t11-,14-/m0/s1. The van der Waals surface area contributed by atoms with Gasteiger partial charge in [0.25, 0.3) is 0 Å². The Labute approximate surface area is 133 Å². The highest BCUT2D eigenvalue weighted by Gasteiger charge is 2.38. The predicted molar refractivity (Wildman–Crippen MR) is 83.4 cm³/mol. The number of likely N-dealkylation sites (tertiary alicyclic amines) is 1. The molecule has 22 heavy (non-hydrogen) atoms. The number of pyridine rings is 1. The number of amides is 1. The molecule has 1 N–H and O–H groups in total. The third kappa shape index (κ3) is 3.01. The highest BCUT2D eigenvalue weighted by molar-refractivity contribution is 6.30. The average Bonchev–Trinajstić information content (AvgIpc) is 2.82. The molecule has 1 fully saturated rings. The molecule has 0 radical (unpaired) electrons. The summed E-state index contributed by atoms with van der Waals surface area (Å²) in [5.41, 5.74) is 1.04. The van der Waals surface area contributed by atoms with Crippen molar-refractivity contribution < 1.29 is 4.79 Å². The SMILES string of the molecule is CN1C(=O)C[C@@H](CNc2ncc(Cl)cn2)[C@@H]1c1cccnc1. The van der Waals surface area contributed by atoms with Crippen LogP contribution in [0.15, 0.2) is 36.9 Å². The first kappa shape index (κ1) is 14.7. The van der Waals surface area contributed by atoms with Crippen molar-refractivity contribution in [3.63, 3.8) is 0 Å². The highest BCUT2D eigenvalue weighted by atomic mass is 35.5. The van der Waals surface area contributed by atoms with Gasteiger partial charge in [0.2, 0.25) is 11.9 Å². The van der Waals surface area contributed by atoms with Gasteiger partial charge in [0.05, 0.1) is 23.5 Å². The van der Waals surface area contributed by atoms with E-state index >= 15 is 0 Å². The van der Waals surface area contributed by atoms with E-state index in [2.05, 4.69) is 20.3 Å². The molecular formula is C15H16ClN5O. The second-order valence-corrected chi connectivity index (χ2v) is 5.74. The Morgan fingerprint density at radius 2 is 2.14 bits per heavy atom. The number of aromatic nitrogens is 3. The Morgan fingerprint density at radius 3 is 2.82 bits per heavy atom. The van der Waals surface area contributed by atoms with E-state index in [1.807, 2.05) is 25.4 Å². The summed E-state index contributed by atoms with van der Waals surface area (Å²) in [7, 11) is 1.83. The fourth-order valence-corrected chi connectivity index (χ4v) is 2.91. The molecule has 2 aromatic rings. The lowest BCUT2D eigenvalue weighted by Crippen LogP contribution is -2.26. The summed E-state index contributed by atoms with van der Waals surface area (Å²) in [5, 5.41) is 3.67. The van der Waals surface area contributed by atoms with Crippen molar-refractivity contribution in [2.75, 3.05) is 18.9 Å².